The fourth-order valence-corrected chi connectivity index (χ4v) is 2.54. The van der Waals surface area contributed by atoms with Gasteiger partial charge >= 0.3 is 12.0 Å². The fraction of sp³-hybridized carbons (Fsp3) is 0.0500. The number of primary amides is 1. The van der Waals surface area contributed by atoms with E-state index >= 15 is 0 Å². The predicted molar refractivity (Wildman–Crippen MR) is 102 cm³/mol. The van der Waals surface area contributed by atoms with Gasteiger partial charge in [0.15, 0.2) is 0 Å². The Hall–Kier alpha value is -3.87. The summed E-state index contributed by atoms with van der Waals surface area (Å²) < 4.78 is 10.6. The summed E-state index contributed by atoms with van der Waals surface area (Å²) in [6, 6.07) is 16.9. The lowest BCUT2D eigenvalue weighted by atomic mass is 10.0. The molecule has 0 aromatic heterocycles. The Morgan fingerprint density at radius 1 is 1.04 bits per heavy atom. The van der Waals surface area contributed by atoms with Crippen molar-refractivity contribution in [3.63, 3.8) is 0 Å². The quantitative estimate of drug-likeness (QED) is 0.315. The first-order chi connectivity index (χ1) is 13.1. The Bertz CT molecular complexity index is 1010. The van der Waals surface area contributed by atoms with Crippen LogP contribution in [-0.2, 0) is 0 Å². The molecule has 0 radical (unpaired) electrons. The van der Waals surface area contributed by atoms with E-state index < -0.39 is 12.0 Å². The van der Waals surface area contributed by atoms with Gasteiger partial charge in [0, 0.05) is 5.56 Å². The molecule has 0 unspecified atom stereocenters. The fourth-order valence-electron chi connectivity index (χ4n) is 2.54. The number of benzene rings is 3. The third kappa shape index (κ3) is 4.21. The van der Waals surface area contributed by atoms with Gasteiger partial charge in [0.05, 0.1) is 18.9 Å². The maximum Gasteiger partial charge on any atom is 0.343 e. The van der Waals surface area contributed by atoms with E-state index in [0.29, 0.717) is 22.6 Å². The number of nitrogens with zero attached hydrogens (tertiary/aromatic N) is 1. The number of amides is 2. The van der Waals surface area contributed by atoms with Crippen LogP contribution in [0.1, 0.15) is 15.9 Å². The van der Waals surface area contributed by atoms with E-state index in [0.717, 1.165) is 10.8 Å². The van der Waals surface area contributed by atoms with E-state index in [4.69, 9.17) is 15.2 Å². The van der Waals surface area contributed by atoms with Crippen LogP contribution in [0, 0.1) is 0 Å². The third-order valence-electron chi connectivity index (χ3n) is 3.83. The summed E-state index contributed by atoms with van der Waals surface area (Å²) >= 11 is 0. The molecule has 3 aromatic rings. The van der Waals surface area contributed by atoms with Crippen LogP contribution >= 0.6 is 0 Å². The zero-order valence-corrected chi connectivity index (χ0v) is 14.5. The van der Waals surface area contributed by atoms with Gasteiger partial charge in [-0.1, -0.05) is 30.3 Å². The lowest BCUT2D eigenvalue weighted by Crippen LogP contribution is -2.24. The number of carbonyl (C=O) groups is 2. The number of esters is 1. The number of nitrogens with two attached hydrogens (primary N) is 1. The van der Waals surface area contributed by atoms with Crippen molar-refractivity contribution in [1.82, 2.24) is 5.43 Å². The monoisotopic (exact) mass is 363 g/mol. The highest BCUT2D eigenvalue weighted by Gasteiger charge is 2.13. The highest BCUT2D eigenvalue weighted by Crippen LogP contribution is 2.27. The molecule has 0 saturated carbocycles. The molecule has 136 valence electrons. The SMILES string of the molecule is COc1ccc(C(=O)Oc2ccc3ccccc3c2/C=N/NC(N)=O)cc1. The number of fused-ring (bicyclic) bond motifs is 1. The molecule has 0 spiro atoms. The minimum absolute atomic E-state index is 0.310. The smallest absolute Gasteiger partial charge is 0.343 e. The van der Waals surface area contributed by atoms with E-state index in [1.54, 1.807) is 37.4 Å². The topological polar surface area (TPSA) is 103 Å². The van der Waals surface area contributed by atoms with Crippen LogP contribution in [0.25, 0.3) is 10.8 Å². The van der Waals surface area contributed by atoms with Crippen molar-refractivity contribution in [2.75, 3.05) is 7.11 Å². The van der Waals surface area contributed by atoms with Crippen LogP contribution in [-0.4, -0.2) is 25.3 Å². The highest BCUT2D eigenvalue weighted by atomic mass is 16.5. The van der Waals surface area contributed by atoms with Gasteiger partial charge in [-0.2, -0.15) is 5.10 Å². The van der Waals surface area contributed by atoms with Crippen molar-refractivity contribution in [2.45, 2.75) is 0 Å². The van der Waals surface area contributed by atoms with Crippen LogP contribution in [0.5, 0.6) is 11.5 Å². The number of rotatable bonds is 5. The van der Waals surface area contributed by atoms with Gasteiger partial charge < -0.3 is 15.2 Å². The minimum Gasteiger partial charge on any atom is -0.497 e. The molecule has 2 amide bonds. The minimum atomic E-state index is -0.789. The van der Waals surface area contributed by atoms with E-state index in [-0.39, 0.29) is 0 Å². The zero-order chi connectivity index (χ0) is 19.2. The van der Waals surface area contributed by atoms with Gasteiger partial charge in [0.25, 0.3) is 0 Å². The van der Waals surface area contributed by atoms with Crippen LogP contribution in [0.4, 0.5) is 4.79 Å². The summed E-state index contributed by atoms with van der Waals surface area (Å²) in [7, 11) is 1.55. The van der Waals surface area contributed by atoms with Crippen molar-refractivity contribution < 1.29 is 19.1 Å². The molecule has 0 fully saturated rings. The molecule has 7 heteroatoms. The first-order valence-corrected chi connectivity index (χ1v) is 8.05. The van der Waals surface area contributed by atoms with Crippen LogP contribution in [0.15, 0.2) is 65.8 Å². The third-order valence-corrected chi connectivity index (χ3v) is 3.83. The average Bonchev–Trinajstić information content (AvgIpc) is 2.69. The molecule has 0 aliphatic rings. The van der Waals surface area contributed by atoms with Crippen molar-refractivity contribution in [2.24, 2.45) is 10.8 Å². The molecule has 7 nitrogen and oxygen atoms in total. The van der Waals surface area contributed by atoms with Gasteiger partial charge in [0.2, 0.25) is 0 Å². The summed E-state index contributed by atoms with van der Waals surface area (Å²) in [5.74, 6) is 0.428. The van der Waals surface area contributed by atoms with Crippen molar-refractivity contribution in [1.29, 1.82) is 0 Å². The van der Waals surface area contributed by atoms with E-state index in [2.05, 4.69) is 10.5 Å². The normalized spacial score (nSPS) is 10.7. The van der Waals surface area contributed by atoms with Crippen molar-refractivity contribution >= 4 is 29.0 Å². The molecule has 0 saturated heterocycles. The first kappa shape index (κ1) is 17.9. The molecule has 0 aliphatic carbocycles. The molecule has 0 heterocycles. The van der Waals surface area contributed by atoms with Gasteiger partial charge in [-0.3, -0.25) is 0 Å². The number of hydrogen-bond acceptors (Lipinski definition) is 5. The van der Waals surface area contributed by atoms with E-state index in [1.807, 2.05) is 30.3 Å². The van der Waals surface area contributed by atoms with Crippen molar-refractivity contribution in [3.8, 4) is 11.5 Å². The maximum atomic E-state index is 12.5. The molecule has 3 rings (SSSR count). The molecule has 3 aromatic carbocycles. The van der Waals surface area contributed by atoms with Gasteiger partial charge in [-0.05, 0) is 41.1 Å². The Labute approximate surface area is 155 Å². The Morgan fingerprint density at radius 2 is 1.78 bits per heavy atom. The summed E-state index contributed by atoms with van der Waals surface area (Å²) in [6.45, 7) is 0. The summed E-state index contributed by atoms with van der Waals surface area (Å²) in [5, 5.41) is 5.54. The van der Waals surface area contributed by atoms with Gasteiger partial charge in [-0.15, -0.1) is 0 Å². The maximum absolute atomic E-state index is 12.5. The number of nitrogens with one attached hydrogen (secondary N) is 1. The van der Waals surface area contributed by atoms with Gasteiger partial charge in [0.1, 0.15) is 11.5 Å². The van der Waals surface area contributed by atoms with Crippen LogP contribution in [0.2, 0.25) is 0 Å². The van der Waals surface area contributed by atoms with Crippen molar-refractivity contribution in [3.05, 3.63) is 71.8 Å². The van der Waals surface area contributed by atoms with Gasteiger partial charge in [-0.25, -0.2) is 15.0 Å². The lowest BCUT2D eigenvalue weighted by Gasteiger charge is -2.10. The number of carbonyl (C=O) groups excluding carboxylic acids is 2. The second-order valence-corrected chi connectivity index (χ2v) is 5.55. The number of hydrogen-bond donors (Lipinski definition) is 2. The Kier molecular flexibility index (Phi) is 5.32. The second kappa shape index (κ2) is 8.01. The number of methoxy groups -OCH3 is 1. The van der Waals surface area contributed by atoms with E-state index in [1.165, 1.54) is 6.21 Å². The first-order valence-electron chi connectivity index (χ1n) is 8.05. The standard InChI is InChI=1S/C20H17N3O4/c1-26-15-9-6-14(7-10-15)19(24)27-18-11-8-13-4-2-3-5-16(13)17(18)12-22-23-20(21)25/h2-12H,1H3,(H3,21,23,25)/b22-12+. The molecular formula is C20H17N3O4. The number of urea groups is 1. The molecule has 3 N–H and O–H groups in total. The summed E-state index contributed by atoms with van der Waals surface area (Å²) in [4.78, 5) is 23.3. The zero-order valence-electron chi connectivity index (χ0n) is 14.5. The summed E-state index contributed by atoms with van der Waals surface area (Å²) in [5.41, 5.74) is 8.09. The lowest BCUT2D eigenvalue weighted by molar-refractivity contribution is 0.0734. The molecular weight excluding hydrogens is 346 g/mol. The molecule has 27 heavy (non-hydrogen) atoms. The Balaban J connectivity index is 1.95. The predicted octanol–water partition coefficient (Wildman–Crippen LogP) is 3.07. The van der Waals surface area contributed by atoms with E-state index in [9.17, 15) is 9.59 Å². The molecule has 0 atom stereocenters. The number of hydrazone groups is 1. The number of ether oxygens (including phenoxy) is 2. The molecule has 0 bridgehead atoms. The largest absolute Gasteiger partial charge is 0.497 e. The summed E-state index contributed by atoms with van der Waals surface area (Å²) in [6.07, 6.45) is 1.39. The average molecular weight is 363 g/mol. The second-order valence-electron chi connectivity index (χ2n) is 5.55. The van der Waals surface area contributed by atoms with Crippen LogP contribution < -0.4 is 20.6 Å². The highest BCUT2D eigenvalue weighted by molar-refractivity contribution is 6.04. The van der Waals surface area contributed by atoms with Crippen LogP contribution in [0.3, 0.4) is 0 Å². The molecule has 0 aliphatic heterocycles. The Morgan fingerprint density at radius 3 is 2.48 bits per heavy atom.